The van der Waals surface area contributed by atoms with Crippen LogP contribution >= 0.6 is 11.6 Å². The van der Waals surface area contributed by atoms with Crippen molar-refractivity contribution in [2.75, 3.05) is 27.7 Å². The molecule has 1 aliphatic rings. The van der Waals surface area contributed by atoms with Gasteiger partial charge in [-0.15, -0.1) is 0 Å². The summed E-state index contributed by atoms with van der Waals surface area (Å²) in [6, 6.07) is 0. The van der Waals surface area contributed by atoms with E-state index in [2.05, 4.69) is 21.1 Å². The monoisotopic (exact) mass is 185 g/mol. The molecule has 1 aliphatic heterocycles. The molecule has 1 heterocycles. The minimum Gasteiger partial charge on any atom is -1.00 e. The first-order valence-corrected chi connectivity index (χ1v) is 3.53. The maximum atomic E-state index is 5.63. The summed E-state index contributed by atoms with van der Waals surface area (Å²) in [5, 5.41) is 0. The minimum atomic E-state index is -0.0117. The van der Waals surface area contributed by atoms with Crippen LogP contribution in [0.2, 0.25) is 0 Å². The smallest absolute Gasteiger partial charge is 0.163 e. The molecule has 0 spiro atoms. The average Bonchev–Trinajstić information content (AvgIpc) is 2.13. The molecule has 0 saturated carbocycles. The maximum Gasteiger partial charge on any atom is 0.163 e. The molecule has 0 radical (unpaired) electrons. The van der Waals surface area contributed by atoms with Crippen LogP contribution in [0.4, 0.5) is 0 Å². The van der Waals surface area contributed by atoms with E-state index in [0.717, 1.165) is 11.0 Å². The van der Waals surface area contributed by atoms with Gasteiger partial charge in [0, 0.05) is 0 Å². The van der Waals surface area contributed by atoms with Gasteiger partial charge in [-0.1, -0.05) is 11.6 Å². The molecule has 1 rings (SSSR count). The van der Waals surface area contributed by atoms with Gasteiger partial charge in [-0.2, -0.15) is 0 Å². The van der Waals surface area contributed by atoms with Crippen LogP contribution in [0.15, 0.2) is 0 Å². The van der Waals surface area contributed by atoms with Crippen molar-refractivity contribution in [3.05, 3.63) is 0 Å². The van der Waals surface area contributed by atoms with Gasteiger partial charge in [0.1, 0.15) is 12.6 Å². The predicted octanol–water partition coefficient (Wildman–Crippen LogP) is -2.34. The lowest BCUT2D eigenvalue weighted by atomic mass is 10.4. The number of quaternary nitrogens is 1. The standard InChI is InChI=1S/C6H13ClNO.ClH/c1-8(2,3)4-5-6(7)9-5;/h5-6H,4H2,1-3H3;1H/q+1;/p-1. The Morgan fingerprint density at radius 1 is 1.40 bits per heavy atom. The van der Waals surface area contributed by atoms with Crippen molar-refractivity contribution in [3.8, 4) is 0 Å². The van der Waals surface area contributed by atoms with Crippen molar-refractivity contribution in [3.63, 3.8) is 0 Å². The van der Waals surface area contributed by atoms with Crippen LogP contribution < -0.4 is 12.4 Å². The van der Waals surface area contributed by atoms with Crippen LogP contribution in [0.25, 0.3) is 0 Å². The van der Waals surface area contributed by atoms with E-state index in [-0.39, 0.29) is 18.0 Å². The maximum absolute atomic E-state index is 5.63. The highest BCUT2D eigenvalue weighted by Gasteiger charge is 2.40. The minimum absolute atomic E-state index is 0. The Kier molecular flexibility index (Phi) is 3.43. The molecule has 62 valence electrons. The van der Waals surface area contributed by atoms with Gasteiger partial charge in [0.2, 0.25) is 0 Å². The number of likely N-dealkylation sites (N-methyl/N-ethyl adjacent to an activating group) is 1. The number of halogens is 2. The zero-order valence-corrected chi connectivity index (χ0v) is 7.99. The Labute approximate surface area is 73.1 Å². The first-order chi connectivity index (χ1) is 3.99. The number of alkyl halides is 1. The van der Waals surface area contributed by atoms with E-state index in [4.69, 9.17) is 16.3 Å². The van der Waals surface area contributed by atoms with Crippen LogP contribution in [-0.4, -0.2) is 43.8 Å². The summed E-state index contributed by atoms with van der Waals surface area (Å²) in [5.41, 5.74) is -0.0117. The van der Waals surface area contributed by atoms with E-state index >= 15 is 0 Å². The van der Waals surface area contributed by atoms with Gasteiger partial charge in [-0.3, -0.25) is 0 Å². The van der Waals surface area contributed by atoms with Gasteiger partial charge in [-0.05, 0) is 0 Å². The summed E-state index contributed by atoms with van der Waals surface area (Å²) < 4.78 is 5.97. The van der Waals surface area contributed by atoms with E-state index in [1.165, 1.54) is 0 Å². The molecular formula is C6H13Cl2NO. The Morgan fingerprint density at radius 3 is 1.90 bits per heavy atom. The fraction of sp³-hybridized carbons (Fsp3) is 1.00. The van der Waals surface area contributed by atoms with Gasteiger partial charge in [0.15, 0.2) is 5.56 Å². The molecule has 0 aromatic carbocycles. The fourth-order valence-electron chi connectivity index (χ4n) is 0.787. The van der Waals surface area contributed by atoms with Crippen molar-refractivity contribution in [2.45, 2.75) is 11.7 Å². The molecule has 10 heavy (non-hydrogen) atoms. The second-order valence-corrected chi connectivity index (χ2v) is 3.93. The third-order valence-corrected chi connectivity index (χ3v) is 1.63. The number of epoxide rings is 1. The van der Waals surface area contributed by atoms with E-state index in [0.29, 0.717) is 6.10 Å². The molecule has 4 heteroatoms. The first kappa shape index (κ1) is 10.5. The number of ether oxygens (including phenoxy) is 1. The average molecular weight is 186 g/mol. The van der Waals surface area contributed by atoms with Crippen molar-refractivity contribution in [2.24, 2.45) is 0 Å². The summed E-state index contributed by atoms with van der Waals surface area (Å²) in [6.07, 6.45) is 0.298. The van der Waals surface area contributed by atoms with Crippen molar-refractivity contribution in [1.29, 1.82) is 0 Å². The SMILES string of the molecule is C[N+](C)(C)CC1OC1Cl.[Cl-]. The highest BCUT2D eigenvalue weighted by molar-refractivity contribution is 6.21. The summed E-state index contributed by atoms with van der Waals surface area (Å²) >= 11 is 5.63. The molecule has 0 amide bonds. The second-order valence-electron chi connectivity index (χ2n) is 3.50. The lowest BCUT2D eigenvalue weighted by Gasteiger charge is -2.22. The molecular weight excluding hydrogens is 173 g/mol. The highest BCUT2D eigenvalue weighted by Crippen LogP contribution is 2.26. The lowest BCUT2D eigenvalue weighted by molar-refractivity contribution is -0.870. The van der Waals surface area contributed by atoms with E-state index in [9.17, 15) is 0 Å². The Morgan fingerprint density at radius 2 is 1.80 bits per heavy atom. The molecule has 1 saturated heterocycles. The molecule has 0 aliphatic carbocycles. The third kappa shape index (κ3) is 3.62. The number of nitrogens with zero attached hydrogens (tertiary/aromatic N) is 1. The van der Waals surface area contributed by atoms with Gasteiger partial charge in [0.05, 0.1) is 21.1 Å². The van der Waals surface area contributed by atoms with Gasteiger partial charge in [0.25, 0.3) is 0 Å². The third-order valence-electron chi connectivity index (χ3n) is 1.25. The quantitative estimate of drug-likeness (QED) is 0.267. The molecule has 2 unspecified atom stereocenters. The van der Waals surface area contributed by atoms with Crippen LogP contribution in [0, 0.1) is 0 Å². The summed E-state index contributed by atoms with van der Waals surface area (Å²) in [6.45, 7) is 1.01. The predicted molar refractivity (Wildman–Crippen MR) is 37.4 cm³/mol. The van der Waals surface area contributed by atoms with Crippen LogP contribution in [-0.2, 0) is 4.74 Å². The normalized spacial score (nSPS) is 31.2. The molecule has 1 fully saturated rings. The molecule has 0 bridgehead atoms. The lowest BCUT2D eigenvalue weighted by Crippen LogP contribution is -3.00. The van der Waals surface area contributed by atoms with Crippen molar-refractivity contribution < 1.29 is 21.6 Å². The van der Waals surface area contributed by atoms with Gasteiger partial charge >= 0.3 is 0 Å². The summed E-state index contributed by atoms with van der Waals surface area (Å²) in [7, 11) is 6.39. The van der Waals surface area contributed by atoms with Gasteiger partial charge < -0.3 is 21.6 Å². The number of rotatable bonds is 2. The zero-order valence-electron chi connectivity index (χ0n) is 6.47. The van der Waals surface area contributed by atoms with E-state index in [1.54, 1.807) is 0 Å². The number of hydrogen-bond donors (Lipinski definition) is 0. The van der Waals surface area contributed by atoms with Crippen molar-refractivity contribution in [1.82, 2.24) is 0 Å². The van der Waals surface area contributed by atoms with Gasteiger partial charge in [-0.25, -0.2) is 0 Å². The Balaban J connectivity index is 0.000000810. The fourth-order valence-corrected chi connectivity index (χ4v) is 0.999. The Hall–Kier alpha value is 0.500. The van der Waals surface area contributed by atoms with Crippen LogP contribution in [0.1, 0.15) is 0 Å². The first-order valence-electron chi connectivity index (χ1n) is 3.09. The van der Waals surface area contributed by atoms with Crippen LogP contribution in [0.5, 0.6) is 0 Å². The molecule has 0 aromatic heterocycles. The molecule has 0 N–H and O–H groups in total. The molecule has 2 nitrogen and oxygen atoms in total. The summed E-state index contributed by atoms with van der Waals surface area (Å²) in [5.74, 6) is 0. The second kappa shape index (κ2) is 3.26. The Bertz CT molecular complexity index is 113. The highest BCUT2D eigenvalue weighted by atomic mass is 35.5. The van der Waals surface area contributed by atoms with E-state index < -0.39 is 0 Å². The molecule has 2 atom stereocenters. The largest absolute Gasteiger partial charge is 1.00 e. The zero-order chi connectivity index (χ0) is 7.07. The van der Waals surface area contributed by atoms with Crippen molar-refractivity contribution >= 4 is 11.6 Å². The molecule has 0 aromatic rings. The summed E-state index contributed by atoms with van der Waals surface area (Å²) in [4.78, 5) is 0. The van der Waals surface area contributed by atoms with E-state index in [1.807, 2.05) is 0 Å². The number of hydrogen-bond acceptors (Lipinski definition) is 1. The topological polar surface area (TPSA) is 12.5 Å². The van der Waals surface area contributed by atoms with Crippen LogP contribution in [0.3, 0.4) is 0 Å².